The number of nitrogens with one attached hydrogen (secondary N) is 1. The Bertz CT molecular complexity index is 400. The molecule has 0 aliphatic rings. The van der Waals surface area contributed by atoms with Gasteiger partial charge in [-0.25, -0.2) is 0 Å². The van der Waals surface area contributed by atoms with Gasteiger partial charge in [0.1, 0.15) is 11.3 Å². The lowest BCUT2D eigenvalue weighted by Crippen LogP contribution is -2.16. The zero-order valence-electron chi connectivity index (χ0n) is 9.83. The highest BCUT2D eigenvalue weighted by Crippen LogP contribution is 2.19. The minimum absolute atomic E-state index is 0.999. The highest BCUT2D eigenvalue weighted by molar-refractivity contribution is 5.77. The first-order chi connectivity index (χ1) is 7.90. The lowest BCUT2D eigenvalue weighted by molar-refractivity contribution is 0.528. The minimum atomic E-state index is 0.999. The van der Waals surface area contributed by atoms with Gasteiger partial charge in [-0.15, -0.1) is 0 Å². The molecule has 0 fully saturated rings. The van der Waals surface area contributed by atoms with Crippen LogP contribution in [0.2, 0.25) is 0 Å². The zero-order chi connectivity index (χ0) is 11.2. The van der Waals surface area contributed by atoms with Gasteiger partial charge in [-0.3, -0.25) is 0 Å². The van der Waals surface area contributed by atoms with Gasteiger partial charge in [0, 0.05) is 11.8 Å². The van der Waals surface area contributed by atoms with E-state index in [1.54, 1.807) is 0 Å². The molecule has 2 rings (SSSR count). The van der Waals surface area contributed by atoms with E-state index in [4.69, 9.17) is 4.42 Å². The second-order valence-electron chi connectivity index (χ2n) is 4.10. The second kappa shape index (κ2) is 5.71. The van der Waals surface area contributed by atoms with E-state index in [1.165, 1.54) is 11.8 Å². The van der Waals surface area contributed by atoms with E-state index in [2.05, 4.69) is 24.4 Å². The van der Waals surface area contributed by atoms with Gasteiger partial charge >= 0.3 is 0 Å². The number of benzene rings is 1. The van der Waals surface area contributed by atoms with Crippen LogP contribution in [-0.4, -0.2) is 13.1 Å². The molecular formula is C14H19NO. The lowest BCUT2D eigenvalue weighted by atomic mass is 10.2. The third kappa shape index (κ3) is 2.86. The summed E-state index contributed by atoms with van der Waals surface area (Å²) in [5, 5.41) is 4.60. The predicted octanol–water partition coefficient (Wildman–Crippen LogP) is 3.37. The molecule has 2 nitrogen and oxygen atoms in total. The topological polar surface area (TPSA) is 25.2 Å². The maximum atomic E-state index is 5.75. The number of fused-ring (bicyclic) bond motifs is 1. The van der Waals surface area contributed by atoms with Gasteiger partial charge in [0.25, 0.3) is 0 Å². The van der Waals surface area contributed by atoms with Crippen LogP contribution in [0.15, 0.2) is 34.7 Å². The number of rotatable bonds is 6. The minimum Gasteiger partial charge on any atom is -0.461 e. The van der Waals surface area contributed by atoms with Crippen molar-refractivity contribution in [1.82, 2.24) is 5.32 Å². The van der Waals surface area contributed by atoms with Crippen LogP contribution in [0.1, 0.15) is 25.5 Å². The molecule has 0 unspecified atom stereocenters. The maximum Gasteiger partial charge on any atom is 0.134 e. The van der Waals surface area contributed by atoms with Crippen molar-refractivity contribution in [1.29, 1.82) is 0 Å². The number of hydrogen-bond donors (Lipinski definition) is 1. The number of hydrogen-bond acceptors (Lipinski definition) is 2. The Morgan fingerprint density at radius 1 is 1.19 bits per heavy atom. The van der Waals surface area contributed by atoms with Gasteiger partial charge in [-0.05, 0) is 38.1 Å². The summed E-state index contributed by atoms with van der Waals surface area (Å²) < 4.78 is 5.75. The van der Waals surface area contributed by atoms with Crippen LogP contribution in [-0.2, 0) is 6.42 Å². The van der Waals surface area contributed by atoms with E-state index in [0.717, 1.165) is 37.3 Å². The summed E-state index contributed by atoms with van der Waals surface area (Å²) in [5.74, 6) is 1.10. The number of para-hydroxylation sites is 1. The second-order valence-corrected chi connectivity index (χ2v) is 4.10. The van der Waals surface area contributed by atoms with Crippen LogP contribution in [0.25, 0.3) is 11.0 Å². The van der Waals surface area contributed by atoms with Crippen molar-refractivity contribution in [3.05, 3.63) is 36.1 Å². The van der Waals surface area contributed by atoms with E-state index in [0.29, 0.717) is 0 Å². The monoisotopic (exact) mass is 217 g/mol. The summed E-state index contributed by atoms with van der Waals surface area (Å²) in [6, 6.07) is 10.3. The van der Waals surface area contributed by atoms with Crippen molar-refractivity contribution < 1.29 is 4.42 Å². The molecule has 2 aromatic rings. The van der Waals surface area contributed by atoms with E-state index in [9.17, 15) is 0 Å². The highest BCUT2D eigenvalue weighted by Gasteiger charge is 2.01. The van der Waals surface area contributed by atoms with Crippen molar-refractivity contribution >= 4 is 11.0 Å². The quantitative estimate of drug-likeness (QED) is 0.750. The molecule has 0 bridgehead atoms. The first-order valence-electron chi connectivity index (χ1n) is 6.08. The Morgan fingerprint density at radius 3 is 2.88 bits per heavy atom. The Balaban J connectivity index is 1.85. The Hall–Kier alpha value is -1.28. The van der Waals surface area contributed by atoms with Crippen molar-refractivity contribution in [2.24, 2.45) is 0 Å². The molecule has 0 saturated carbocycles. The third-order valence-electron chi connectivity index (χ3n) is 2.68. The van der Waals surface area contributed by atoms with Gasteiger partial charge < -0.3 is 9.73 Å². The maximum absolute atomic E-state index is 5.75. The molecule has 0 amide bonds. The van der Waals surface area contributed by atoms with Crippen LogP contribution in [0, 0.1) is 0 Å². The fourth-order valence-corrected chi connectivity index (χ4v) is 1.85. The van der Waals surface area contributed by atoms with Crippen LogP contribution in [0.3, 0.4) is 0 Å². The molecule has 0 atom stereocenters. The largest absolute Gasteiger partial charge is 0.461 e. The molecule has 0 spiro atoms. The summed E-state index contributed by atoms with van der Waals surface area (Å²) in [6.45, 7) is 4.37. The van der Waals surface area contributed by atoms with Crippen molar-refractivity contribution in [3.63, 3.8) is 0 Å². The molecule has 1 N–H and O–H groups in total. The van der Waals surface area contributed by atoms with E-state index in [1.807, 2.05) is 18.2 Å². The Labute approximate surface area is 96.6 Å². The molecule has 86 valence electrons. The molecule has 0 aliphatic heterocycles. The molecule has 1 aromatic carbocycles. The van der Waals surface area contributed by atoms with E-state index < -0.39 is 0 Å². The van der Waals surface area contributed by atoms with Crippen LogP contribution >= 0.6 is 0 Å². The van der Waals surface area contributed by atoms with Crippen LogP contribution < -0.4 is 5.32 Å². The molecular weight excluding hydrogens is 198 g/mol. The third-order valence-corrected chi connectivity index (χ3v) is 2.68. The van der Waals surface area contributed by atoms with E-state index in [-0.39, 0.29) is 0 Å². The molecule has 0 saturated heterocycles. The molecule has 0 radical (unpaired) electrons. The standard InChI is InChI=1S/C14H19NO/c1-2-9-15-10-5-7-13-11-12-6-3-4-8-14(12)16-13/h3-4,6,8,11,15H,2,5,7,9-10H2,1H3. The van der Waals surface area contributed by atoms with Gasteiger partial charge in [-0.2, -0.15) is 0 Å². The average Bonchev–Trinajstić information content (AvgIpc) is 2.71. The summed E-state index contributed by atoms with van der Waals surface area (Å²) in [4.78, 5) is 0. The summed E-state index contributed by atoms with van der Waals surface area (Å²) in [6.07, 6.45) is 3.36. The first kappa shape index (κ1) is 11.2. The number of furan rings is 1. The van der Waals surface area contributed by atoms with Gasteiger partial charge in [0.15, 0.2) is 0 Å². The van der Waals surface area contributed by atoms with Gasteiger partial charge in [-0.1, -0.05) is 25.1 Å². The molecule has 1 aromatic heterocycles. The van der Waals surface area contributed by atoms with Crippen LogP contribution in [0.4, 0.5) is 0 Å². The smallest absolute Gasteiger partial charge is 0.134 e. The molecule has 16 heavy (non-hydrogen) atoms. The number of aryl methyl sites for hydroxylation is 1. The van der Waals surface area contributed by atoms with Gasteiger partial charge in [0.2, 0.25) is 0 Å². The summed E-state index contributed by atoms with van der Waals surface area (Å²) >= 11 is 0. The first-order valence-corrected chi connectivity index (χ1v) is 6.08. The SMILES string of the molecule is CCCNCCCc1cc2ccccc2o1. The highest BCUT2D eigenvalue weighted by atomic mass is 16.3. The molecule has 0 aliphatic carbocycles. The fourth-order valence-electron chi connectivity index (χ4n) is 1.85. The Kier molecular flexibility index (Phi) is 4.00. The Morgan fingerprint density at radius 2 is 2.06 bits per heavy atom. The summed E-state index contributed by atoms with van der Waals surface area (Å²) in [7, 11) is 0. The summed E-state index contributed by atoms with van der Waals surface area (Å²) in [5.41, 5.74) is 0.999. The van der Waals surface area contributed by atoms with Crippen molar-refractivity contribution in [2.45, 2.75) is 26.2 Å². The fraction of sp³-hybridized carbons (Fsp3) is 0.429. The van der Waals surface area contributed by atoms with E-state index >= 15 is 0 Å². The van der Waals surface area contributed by atoms with Crippen LogP contribution in [0.5, 0.6) is 0 Å². The molecule has 2 heteroatoms. The lowest BCUT2D eigenvalue weighted by Gasteiger charge is -2.00. The van der Waals surface area contributed by atoms with Crippen molar-refractivity contribution in [3.8, 4) is 0 Å². The predicted molar refractivity (Wildman–Crippen MR) is 67.7 cm³/mol. The normalized spacial score (nSPS) is 11.1. The molecule has 1 heterocycles. The zero-order valence-corrected chi connectivity index (χ0v) is 9.83. The average molecular weight is 217 g/mol. The van der Waals surface area contributed by atoms with Gasteiger partial charge in [0.05, 0.1) is 0 Å². The van der Waals surface area contributed by atoms with Crippen molar-refractivity contribution in [2.75, 3.05) is 13.1 Å².